The predicted molar refractivity (Wildman–Crippen MR) is 235 cm³/mol. The summed E-state index contributed by atoms with van der Waals surface area (Å²) in [6.07, 6.45) is 18.9. The third kappa shape index (κ3) is 5.66. The van der Waals surface area contributed by atoms with Crippen LogP contribution in [-0.4, -0.2) is 25.2 Å². The van der Waals surface area contributed by atoms with Crippen LogP contribution in [0.2, 0.25) is 0 Å². The lowest BCUT2D eigenvalue weighted by Crippen LogP contribution is -2.08. The lowest BCUT2D eigenvalue weighted by atomic mass is 9.84. The summed E-state index contributed by atoms with van der Waals surface area (Å²) < 4.78 is 19.8. The molecule has 0 saturated carbocycles. The summed E-state index contributed by atoms with van der Waals surface area (Å²) in [5, 5.41) is 23.9. The molecule has 0 amide bonds. The summed E-state index contributed by atoms with van der Waals surface area (Å²) in [4.78, 5) is 15.2. The van der Waals surface area contributed by atoms with Crippen molar-refractivity contribution in [2.75, 3.05) is 0 Å². The Morgan fingerprint density at radius 3 is 2.52 bits per heavy atom. The molecule has 60 heavy (non-hydrogen) atoms. The van der Waals surface area contributed by atoms with Crippen molar-refractivity contribution in [3.63, 3.8) is 0 Å². The van der Waals surface area contributed by atoms with Gasteiger partial charge in [0.25, 0.3) is 0 Å². The molecule has 11 rings (SSSR count). The number of aromatic hydroxyl groups is 1. The molecule has 1 atom stereocenters. The third-order valence-electron chi connectivity index (χ3n) is 11.5. The van der Waals surface area contributed by atoms with Crippen LogP contribution in [0.4, 0.5) is 0 Å². The number of hydrogen-bond acceptors (Lipinski definition) is 8. The van der Waals surface area contributed by atoms with Crippen molar-refractivity contribution < 1.29 is 23.8 Å². The van der Waals surface area contributed by atoms with Crippen molar-refractivity contribution in [3.8, 4) is 57.5 Å². The number of fused-ring (bicyclic) bond motifs is 9. The highest BCUT2D eigenvalue weighted by molar-refractivity contribution is 6.14. The van der Waals surface area contributed by atoms with Gasteiger partial charge < -0.3 is 23.8 Å². The second-order valence-electron chi connectivity index (χ2n) is 15.2. The van der Waals surface area contributed by atoms with E-state index in [2.05, 4.69) is 36.3 Å². The normalized spacial score (nSPS) is 16.0. The molecule has 8 nitrogen and oxygen atoms in total. The van der Waals surface area contributed by atoms with Crippen LogP contribution >= 0.6 is 0 Å². The third-order valence-corrected chi connectivity index (χ3v) is 11.5. The van der Waals surface area contributed by atoms with Crippen molar-refractivity contribution in [2.45, 2.75) is 32.1 Å². The number of furan rings is 2. The van der Waals surface area contributed by atoms with Crippen LogP contribution in [0.5, 0.6) is 11.5 Å². The van der Waals surface area contributed by atoms with E-state index in [0.717, 1.165) is 83.5 Å². The minimum atomic E-state index is -0.161. The van der Waals surface area contributed by atoms with Gasteiger partial charge in [-0.15, -0.1) is 6.42 Å². The zero-order valence-electron chi connectivity index (χ0n) is 32.4. The largest absolute Gasteiger partial charge is 0.512 e. The number of phenolic OH excluding ortho intramolecular Hbond substituents is 1. The first kappa shape index (κ1) is 35.3. The monoisotopic (exact) mass is 781 g/mol. The molecule has 0 saturated heterocycles. The molecule has 288 valence electrons. The van der Waals surface area contributed by atoms with Crippen LogP contribution in [0, 0.1) is 12.3 Å². The highest BCUT2D eigenvalue weighted by Gasteiger charge is 2.36. The van der Waals surface area contributed by atoms with Crippen LogP contribution in [0.3, 0.4) is 0 Å². The fraction of sp³-hybridized carbons (Fsp3) is 0.0962. The Kier molecular flexibility index (Phi) is 8.17. The summed E-state index contributed by atoms with van der Waals surface area (Å²) in [5.74, 6) is 6.85. The van der Waals surface area contributed by atoms with E-state index in [-0.39, 0.29) is 11.7 Å². The van der Waals surface area contributed by atoms with E-state index in [4.69, 9.17) is 34.9 Å². The number of hydrogen-bond donors (Lipinski definition) is 2. The van der Waals surface area contributed by atoms with Crippen molar-refractivity contribution in [2.24, 2.45) is 0 Å². The minimum absolute atomic E-state index is 0.157. The fourth-order valence-corrected chi connectivity index (χ4v) is 8.96. The molecule has 8 aromatic rings. The topological polar surface area (TPSA) is 115 Å². The van der Waals surface area contributed by atoms with E-state index in [1.165, 1.54) is 0 Å². The number of ether oxygens (including phenoxy) is 1. The molecule has 8 heteroatoms. The average molecular weight is 782 g/mol. The van der Waals surface area contributed by atoms with Crippen LogP contribution in [0.25, 0.3) is 77.7 Å². The number of aryl methyl sites for hydroxylation is 1. The number of benzene rings is 5. The van der Waals surface area contributed by atoms with Gasteiger partial charge in [-0.1, -0.05) is 78.7 Å². The summed E-state index contributed by atoms with van der Waals surface area (Å²) in [6.45, 7) is 1.93. The number of allylic oxidation sites excluding steroid dienone is 9. The van der Waals surface area contributed by atoms with Crippen LogP contribution in [0.15, 0.2) is 154 Å². The number of rotatable bonds is 6. The average Bonchev–Trinajstić information content (AvgIpc) is 3.97. The van der Waals surface area contributed by atoms with E-state index < -0.39 is 0 Å². The van der Waals surface area contributed by atoms with Crippen molar-refractivity contribution in [1.82, 2.24) is 15.0 Å². The van der Waals surface area contributed by atoms with Crippen molar-refractivity contribution in [3.05, 3.63) is 174 Å². The molecule has 0 bridgehead atoms. The van der Waals surface area contributed by atoms with Crippen molar-refractivity contribution >= 4 is 44.1 Å². The Hall–Kier alpha value is -7.89. The highest BCUT2D eigenvalue weighted by atomic mass is 16.5. The molecule has 1 aliphatic heterocycles. The molecular formula is C52H35N3O5. The van der Waals surface area contributed by atoms with E-state index >= 15 is 0 Å². The van der Waals surface area contributed by atoms with Crippen LogP contribution in [-0.2, 0) is 6.42 Å². The van der Waals surface area contributed by atoms with Gasteiger partial charge in [-0.2, -0.15) is 0 Å². The van der Waals surface area contributed by atoms with Gasteiger partial charge in [0.15, 0.2) is 17.5 Å². The molecule has 0 radical (unpaired) electrons. The number of phenols is 1. The maximum atomic E-state index is 10.7. The van der Waals surface area contributed by atoms with E-state index in [9.17, 15) is 10.2 Å². The Labute approximate surface area is 344 Å². The molecule has 0 spiro atoms. The van der Waals surface area contributed by atoms with Crippen molar-refractivity contribution in [1.29, 1.82) is 0 Å². The van der Waals surface area contributed by atoms with E-state index in [1.54, 1.807) is 30.4 Å². The second-order valence-corrected chi connectivity index (χ2v) is 15.2. The summed E-state index contributed by atoms with van der Waals surface area (Å²) in [6, 6.07) is 31.5. The van der Waals surface area contributed by atoms with E-state index in [1.807, 2.05) is 79.7 Å². The SMILES string of the molecule is C#C/C=C(\C=C/C)c1nc(C2=CCCc3oc4c(-c5cccc6c5C5CC(O)=CC=C5O6)cc(-c5cccc6oc7ccc(O)cc7c56)cc4c32)nc(-c2ccccc2)n1. The number of nitrogens with zero attached hydrogens (tertiary/aromatic N) is 3. The smallest absolute Gasteiger partial charge is 0.164 e. The molecule has 2 aliphatic carbocycles. The lowest BCUT2D eigenvalue weighted by Gasteiger charge is -2.17. The quantitative estimate of drug-likeness (QED) is 0.127. The molecule has 1 unspecified atom stereocenters. The molecule has 4 heterocycles. The number of aromatic nitrogens is 3. The fourth-order valence-electron chi connectivity index (χ4n) is 8.96. The van der Waals surface area contributed by atoms with Crippen LogP contribution in [0.1, 0.15) is 54.2 Å². The molecule has 2 N–H and O–H groups in total. The Morgan fingerprint density at radius 1 is 0.800 bits per heavy atom. The number of aliphatic hydroxyl groups is 1. The van der Waals surface area contributed by atoms with Gasteiger partial charge in [0.2, 0.25) is 0 Å². The molecule has 3 aromatic heterocycles. The summed E-state index contributed by atoms with van der Waals surface area (Å²) in [5.41, 5.74) is 10.1. The first-order chi connectivity index (χ1) is 29.4. The van der Waals surface area contributed by atoms with Gasteiger partial charge in [0.1, 0.15) is 39.8 Å². The second kappa shape index (κ2) is 13.9. The zero-order chi connectivity index (χ0) is 40.5. The molecule has 5 aromatic carbocycles. The highest BCUT2D eigenvalue weighted by Crippen LogP contribution is 2.53. The lowest BCUT2D eigenvalue weighted by molar-refractivity contribution is 0.356. The Bertz CT molecular complexity index is 3320. The zero-order valence-corrected chi connectivity index (χ0v) is 32.4. The minimum Gasteiger partial charge on any atom is -0.512 e. The maximum Gasteiger partial charge on any atom is 0.164 e. The van der Waals surface area contributed by atoms with Crippen LogP contribution < -0.4 is 4.74 Å². The van der Waals surface area contributed by atoms with Gasteiger partial charge in [0.05, 0.1) is 11.7 Å². The summed E-state index contributed by atoms with van der Waals surface area (Å²) >= 11 is 0. The number of aliphatic hydroxyl groups excluding tert-OH is 1. The van der Waals surface area contributed by atoms with Gasteiger partial charge in [-0.25, -0.2) is 15.0 Å². The maximum absolute atomic E-state index is 10.7. The van der Waals surface area contributed by atoms with Gasteiger partial charge >= 0.3 is 0 Å². The molecule has 3 aliphatic rings. The van der Waals surface area contributed by atoms with Gasteiger partial charge in [0, 0.05) is 62.4 Å². The first-order valence-electron chi connectivity index (χ1n) is 19.9. The summed E-state index contributed by atoms with van der Waals surface area (Å²) in [7, 11) is 0. The van der Waals surface area contributed by atoms with E-state index in [0.29, 0.717) is 59.2 Å². The van der Waals surface area contributed by atoms with Gasteiger partial charge in [-0.3, -0.25) is 0 Å². The molecular weight excluding hydrogens is 747 g/mol. The Morgan fingerprint density at radius 2 is 1.65 bits per heavy atom. The number of terminal acetylenes is 1. The standard InChI is InChI=1S/C52H35N3O5/c1-3-11-29(12-4-2)50-53-51(30-13-6-5-7-14-30)55-52(54-50)36-17-10-20-45-48(36)40-26-31(34-15-8-18-43-46(34)38-27-32(56)21-23-41(38)58-43)25-37(49(40)60-45)35-16-9-19-44-47(35)39-28-33(57)22-24-42(39)59-44/h1,4-9,11-19,21-27,39,56-57H,10,20,28H2,2H3/b12-4-,29-11+. The molecule has 0 fully saturated rings. The predicted octanol–water partition coefficient (Wildman–Crippen LogP) is 12.4. The van der Waals surface area contributed by atoms with Gasteiger partial charge in [-0.05, 0) is 90.7 Å². The Balaban J connectivity index is 1.20. The first-order valence-corrected chi connectivity index (χ1v) is 19.9.